The minimum Gasteiger partial charge on any atom is -0.468 e. The van der Waals surface area contributed by atoms with Crippen molar-refractivity contribution in [3.05, 3.63) is 21.9 Å². The molecule has 5 heteroatoms. The second kappa shape index (κ2) is 5.93. The van der Waals surface area contributed by atoms with Gasteiger partial charge in [-0.3, -0.25) is 4.79 Å². The molecular weight excluding hydrogens is 228 g/mol. The summed E-state index contributed by atoms with van der Waals surface area (Å²) in [5.74, 6) is 4.66. The molecule has 0 spiro atoms. The van der Waals surface area contributed by atoms with Crippen molar-refractivity contribution in [1.29, 1.82) is 0 Å². The summed E-state index contributed by atoms with van der Waals surface area (Å²) in [6.45, 7) is 0. The van der Waals surface area contributed by atoms with Gasteiger partial charge in [0.25, 0.3) is 0 Å². The number of carbonyl (C=O) groups excluding carboxylic acids is 2. The first-order chi connectivity index (χ1) is 7.67. The van der Waals surface area contributed by atoms with E-state index in [-0.39, 0.29) is 18.4 Å². The molecule has 0 N–H and O–H groups in total. The second-order valence-corrected chi connectivity index (χ2v) is 3.79. The quantitative estimate of drug-likeness (QED) is 0.578. The third-order valence-electron chi connectivity index (χ3n) is 1.66. The molecule has 0 unspecified atom stereocenters. The highest BCUT2D eigenvalue weighted by Crippen LogP contribution is 2.16. The van der Waals surface area contributed by atoms with Crippen LogP contribution in [0.4, 0.5) is 0 Å². The van der Waals surface area contributed by atoms with E-state index in [1.54, 1.807) is 12.1 Å². The fourth-order valence-electron chi connectivity index (χ4n) is 0.891. The topological polar surface area (TPSA) is 52.6 Å². The van der Waals surface area contributed by atoms with Crippen LogP contribution in [0, 0.1) is 11.8 Å². The van der Waals surface area contributed by atoms with Crippen LogP contribution in [0.5, 0.6) is 0 Å². The Labute approximate surface area is 97.2 Å². The van der Waals surface area contributed by atoms with Gasteiger partial charge < -0.3 is 9.47 Å². The van der Waals surface area contributed by atoms with Crippen molar-refractivity contribution in [1.82, 2.24) is 0 Å². The van der Waals surface area contributed by atoms with Crippen LogP contribution in [-0.4, -0.2) is 26.2 Å². The Hall–Kier alpha value is -1.80. The fourth-order valence-corrected chi connectivity index (χ4v) is 1.69. The molecule has 84 valence electrons. The van der Waals surface area contributed by atoms with Crippen molar-refractivity contribution < 1.29 is 19.1 Å². The van der Waals surface area contributed by atoms with Crippen molar-refractivity contribution in [2.24, 2.45) is 0 Å². The molecule has 0 radical (unpaired) electrons. The molecule has 1 aromatic heterocycles. The van der Waals surface area contributed by atoms with E-state index in [0.29, 0.717) is 9.75 Å². The van der Waals surface area contributed by atoms with Gasteiger partial charge in [0.05, 0.1) is 19.1 Å². The molecule has 0 fully saturated rings. The highest BCUT2D eigenvalue weighted by Gasteiger charge is 2.07. The largest absolute Gasteiger partial charge is 0.468 e. The van der Waals surface area contributed by atoms with Crippen LogP contribution in [-0.2, 0) is 14.3 Å². The predicted molar refractivity (Wildman–Crippen MR) is 59.2 cm³/mol. The van der Waals surface area contributed by atoms with Gasteiger partial charge in [0.1, 0.15) is 11.3 Å². The van der Waals surface area contributed by atoms with Gasteiger partial charge in [-0.25, -0.2) is 4.79 Å². The molecule has 0 atom stereocenters. The smallest absolute Gasteiger partial charge is 0.348 e. The number of hydrogen-bond acceptors (Lipinski definition) is 5. The van der Waals surface area contributed by atoms with Crippen LogP contribution >= 0.6 is 11.3 Å². The summed E-state index contributed by atoms with van der Waals surface area (Å²) < 4.78 is 9.00. The number of thiophene rings is 1. The predicted octanol–water partition coefficient (Wildman–Crippen LogP) is 1.45. The Morgan fingerprint density at radius 2 is 2.06 bits per heavy atom. The fraction of sp³-hybridized carbons (Fsp3) is 0.273. The molecule has 1 rings (SSSR count). The number of methoxy groups -OCH3 is 2. The molecule has 0 saturated carbocycles. The van der Waals surface area contributed by atoms with E-state index in [1.807, 2.05) is 0 Å². The molecule has 0 amide bonds. The van der Waals surface area contributed by atoms with Crippen molar-refractivity contribution in [2.75, 3.05) is 14.2 Å². The standard InChI is InChI=1S/C11H10O4S/c1-14-10(12)5-3-4-8-6-7-9(16-8)11(13)15-2/h6-7H,5H2,1-2H3. The van der Waals surface area contributed by atoms with E-state index in [0.717, 1.165) is 0 Å². The minimum atomic E-state index is -0.383. The maximum Gasteiger partial charge on any atom is 0.348 e. The summed E-state index contributed by atoms with van der Waals surface area (Å²) in [6, 6.07) is 3.35. The first-order valence-electron chi connectivity index (χ1n) is 4.41. The van der Waals surface area contributed by atoms with Gasteiger partial charge in [0.2, 0.25) is 0 Å². The number of rotatable bonds is 2. The summed E-state index contributed by atoms with van der Waals surface area (Å²) in [7, 11) is 2.63. The molecular formula is C11H10O4S. The summed E-state index contributed by atoms with van der Waals surface area (Å²) in [4.78, 5) is 23.1. The average Bonchev–Trinajstić information content (AvgIpc) is 2.76. The zero-order valence-electron chi connectivity index (χ0n) is 8.90. The van der Waals surface area contributed by atoms with E-state index in [1.165, 1.54) is 25.6 Å². The van der Waals surface area contributed by atoms with E-state index in [2.05, 4.69) is 21.3 Å². The van der Waals surface area contributed by atoms with Crippen LogP contribution in [0.2, 0.25) is 0 Å². The first-order valence-corrected chi connectivity index (χ1v) is 5.23. The lowest BCUT2D eigenvalue weighted by atomic mass is 10.4. The highest BCUT2D eigenvalue weighted by atomic mass is 32.1. The zero-order valence-corrected chi connectivity index (χ0v) is 9.72. The summed E-state index contributed by atoms with van der Waals surface area (Å²) in [5, 5.41) is 0. The number of hydrogen-bond donors (Lipinski definition) is 0. The van der Waals surface area contributed by atoms with E-state index >= 15 is 0 Å². The van der Waals surface area contributed by atoms with Crippen LogP contribution in [0.15, 0.2) is 12.1 Å². The Morgan fingerprint density at radius 3 is 2.69 bits per heavy atom. The minimum absolute atomic E-state index is 0.0436. The molecule has 16 heavy (non-hydrogen) atoms. The number of esters is 2. The maximum atomic E-state index is 11.1. The Morgan fingerprint density at radius 1 is 1.31 bits per heavy atom. The maximum absolute atomic E-state index is 11.1. The summed E-state index contributed by atoms with van der Waals surface area (Å²) >= 11 is 1.22. The molecule has 0 aliphatic heterocycles. The van der Waals surface area contributed by atoms with Crippen molar-refractivity contribution in [2.45, 2.75) is 6.42 Å². The molecule has 4 nitrogen and oxygen atoms in total. The van der Waals surface area contributed by atoms with Crippen molar-refractivity contribution >= 4 is 23.3 Å². The normalized spacial score (nSPS) is 8.88. The van der Waals surface area contributed by atoms with Crippen LogP contribution in [0.1, 0.15) is 21.0 Å². The monoisotopic (exact) mass is 238 g/mol. The Kier molecular flexibility index (Phi) is 4.55. The van der Waals surface area contributed by atoms with Gasteiger partial charge >= 0.3 is 11.9 Å². The first kappa shape index (κ1) is 12.3. The lowest BCUT2D eigenvalue weighted by molar-refractivity contribution is -0.139. The van der Waals surface area contributed by atoms with Crippen LogP contribution < -0.4 is 0 Å². The van der Waals surface area contributed by atoms with Gasteiger partial charge in [-0.1, -0.05) is 11.8 Å². The summed E-state index contributed by atoms with van der Waals surface area (Å²) in [6.07, 6.45) is 0.0436. The highest BCUT2D eigenvalue weighted by molar-refractivity contribution is 7.14. The van der Waals surface area contributed by atoms with Gasteiger partial charge in [0.15, 0.2) is 0 Å². The lowest BCUT2D eigenvalue weighted by Crippen LogP contribution is -1.97. The van der Waals surface area contributed by atoms with E-state index in [9.17, 15) is 9.59 Å². The Bertz CT molecular complexity index is 450. The lowest BCUT2D eigenvalue weighted by Gasteiger charge is -1.91. The third kappa shape index (κ3) is 3.41. The molecule has 1 aromatic rings. The van der Waals surface area contributed by atoms with Crippen molar-refractivity contribution in [3.63, 3.8) is 0 Å². The van der Waals surface area contributed by atoms with Crippen molar-refractivity contribution in [3.8, 4) is 11.8 Å². The molecule has 0 aliphatic carbocycles. The second-order valence-electron chi connectivity index (χ2n) is 2.71. The number of ether oxygens (including phenoxy) is 2. The molecule has 0 aromatic carbocycles. The van der Waals surface area contributed by atoms with Crippen LogP contribution in [0.25, 0.3) is 0 Å². The van der Waals surface area contributed by atoms with E-state index < -0.39 is 0 Å². The zero-order chi connectivity index (χ0) is 12.0. The molecule has 0 bridgehead atoms. The average molecular weight is 238 g/mol. The van der Waals surface area contributed by atoms with Crippen LogP contribution in [0.3, 0.4) is 0 Å². The molecule has 0 saturated heterocycles. The Balaban J connectivity index is 2.65. The van der Waals surface area contributed by atoms with Gasteiger partial charge in [-0.05, 0) is 12.1 Å². The summed E-state index contributed by atoms with van der Waals surface area (Å²) in [5.41, 5.74) is 0. The SMILES string of the molecule is COC(=O)CC#Cc1ccc(C(=O)OC)s1. The van der Waals surface area contributed by atoms with Gasteiger partial charge in [-0.15, -0.1) is 11.3 Å². The third-order valence-corrected chi connectivity index (χ3v) is 2.65. The van der Waals surface area contributed by atoms with E-state index in [4.69, 9.17) is 0 Å². The van der Waals surface area contributed by atoms with Gasteiger partial charge in [-0.2, -0.15) is 0 Å². The number of carbonyl (C=O) groups is 2. The molecule has 0 aliphatic rings. The molecule has 1 heterocycles. The van der Waals surface area contributed by atoms with Gasteiger partial charge in [0, 0.05) is 0 Å².